The van der Waals surface area contributed by atoms with Gasteiger partial charge in [-0.15, -0.1) is 0 Å². The molecule has 0 radical (unpaired) electrons. The summed E-state index contributed by atoms with van der Waals surface area (Å²) in [4.78, 5) is 25.7. The number of carbonyl (C=O) groups is 1. The lowest BCUT2D eigenvalue weighted by Crippen LogP contribution is -2.54. The summed E-state index contributed by atoms with van der Waals surface area (Å²) in [6, 6.07) is 0. The van der Waals surface area contributed by atoms with Crippen LogP contribution in [0.4, 0.5) is 0 Å². The Morgan fingerprint density at radius 3 is 2.88 bits per heavy atom. The number of likely N-dealkylation sites (tertiary alicyclic amines) is 2. The molecule has 2 saturated heterocycles. The molecule has 6 nitrogen and oxygen atoms in total. The van der Waals surface area contributed by atoms with Crippen molar-refractivity contribution >= 4 is 5.91 Å². The molecule has 0 saturated carbocycles. The van der Waals surface area contributed by atoms with Gasteiger partial charge in [0.15, 0.2) is 0 Å². The van der Waals surface area contributed by atoms with E-state index in [-0.39, 0.29) is 11.3 Å². The highest BCUT2D eigenvalue weighted by Gasteiger charge is 2.41. The molecular formula is C19H30N4O2. The number of hydrogen-bond acceptors (Lipinski definition) is 5. The standard InChI is InChI=1S/C19H30N4O2/c1-3-25-10-9-22-8-4-6-19(14-22)7-5-18(24)23(15-19)13-17-12-20-16(2)11-21-17/h11-12H,3-10,13-15H2,1-2H3/t19-/m0/s1. The topological polar surface area (TPSA) is 58.6 Å². The Morgan fingerprint density at radius 1 is 1.24 bits per heavy atom. The molecular weight excluding hydrogens is 316 g/mol. The molecule has 1 amide bonds. The molecule has 0 aromatic carbocycles. The van der Waals surface area contributed by atoms with Gasteiger partial charge in [-0.3, -0.25) is 14.8 Å². The predicted octanol–water partition coefficient (Wildman–Crippen LogP) is 2.03. The molecule has 3 rings (SSSR count). The van der Waals surface area contributed by atoms with Gasteiger partial charge < -0.3 is 14.5 Å². The van der Waals surface area contributed by atoms with Gasteiger partial charge in [0, 0.05) is 44.3 Å². The number of amides is 1. The van der Waals surface area contributed by atoms with Crippen LogP contribution in [-0.4, -0.2) is 65.1 Å². The van der Waals surface area contributed by atoms with Crippen LogP contribution in [0.3, 0.4) is 0 Å². The Morgan fingerprint density at radius 2 is 2.12 bits per heavy atom. The Hall–Kier alpha value is -1.53. The number of carbonyl (C=O) groups excluding carboxylic acids is 1. The maximum Gasteiger partial charge on any atom is 0.222 e. The van der Waals surface area contributed by atoms with E-state index in [1.807, 2.05) is 18.7 Å². The van der Waals surface area contributed by atoms with Gasteiger partial charge in [-0.2, -0.15) is 0 Å². The molecule has 2 aliphatic heterocycles. The first-order chi connectivity index (χ1) is 12.1. The van der Waals surface area contributed by atoms with Crippen molar-refractivity contribution in [2.45, 2.75) is 46.1 Å². The van der Waals surface area contributed by atoms with Gasteiger partial charge in [-0.1, -0.05) is 0 Å². The third-order valence-electron chi connectivity index (χ3n) is 5.43. The zero-order valence-electron chi connectivity index (χ0n) is 15.5. The van der Waals surface area contributed by atoms with Gasteiger partial charge in [0.05, 0.1) is 30.7 Å². The largest absolute Gasteiger partial charge is 0.380 e. The normalized spacial score (nSPS) is 24.9. The quantitative estimate of drug-likeness (QED) is 0.738. The molecule has 0 aliphatic carbocycles. The Labute approximate surface area is 150 Å². The van der Waals surface area contributed by atoms with Gasteiger partial charge in [-0.25, -0.2) is 0 Å². The van der Waals surface area contributed by atoms with E-state index < -0.39 is 0 Å². The molecule has 0 bridgehead atoms. The summed E-state index contributed by atoms with van der Waals surface area (Å²) in [5.41, 5.74) is 2.01. The summed E-state index contributed by atoms with van der Waals surface area (Å²) in [5.74, 6) is 0.249. The molecule has 3 heterocycles. The van der Waals surface area contributed by atoms with E-state index >= 15 is 0 Å². The lowest BCUT2D eigenvalue weighted by Gasteiger charge is -2.48. The highest BCUT2D eigenvalue weighted by Crippen LogP contribution is 2.39. The minimum atomic E-state index is 0.233. The second-order valence-electron chi connectivity index (χ2n) is 7.48. The molecule has 25 heavy (non-hydrogen) atoms. The Bertz CT molecular complexity index is 577. The summed E-state index contributed by atoms with van der Waals surface area (Å²) < 4.78 is 5.52. The lowest BCUT2D eigenvalue weighted by molar-refractivity contribution is -0.140. The van der Waals surface area contributed by atoms with E-state index in [1.54, 1.807) is 12.4 Å². The molecule has 1 aromatic rings. The van der Waals surface area contributed by atoms with Crippen LogP contribution in [0.2, 0.25) is 0 Å². The number of nitrogens with zero attached hydrogens (tertiary/aromatic N) is 4. The molecule has 1 spiro atoms. The number of aromatic nitrogens is 2. The minimum absolute atomic E-state index is 0.233. The van der Waals surface area contributed by atoms with Crippen LogP contribution in [0.5, 0.6) is 0 Å². The summed E-state index contributed by atoms with van der Waals surface area (Å²) in [6.45, 7) is 10.2. The van der Waals surface area contributed by atoms with E-state index in [0.29, 0.717) is 13.0 Å². The molecule has 0 unspecified atom stereocenters. The van der Waals surface area contributed by atoms with Crippen LogP contribution >= 0.6 is 0 Å². The van der Waals surface area contributed by atoms with E-state index in [1.165, 1.54) is 12.8 Å². The Balaban J connectivity index is 1.62. The van der Waals surface area contributed by atoms with Gasteiger partial charge in [0.25, 0.3) is 0 Å². The summed E-state index contributed by atoms with van der Waals surface area (Å²) in [5, 5.41) is 0. The monoisotopic (exact) mass is 346 g/mol. The van der Waals surface area contributed by atoms with Crippen molar-refractivity contribution in [3.05, 3.63) is 23.8 Å². The Kier molecular flexibility index (Phi) is 6.02. The van der Waals surface area contributed by atoms with Crippen LogP contribution in [0.25, 0.3) is 0 Å². The van der Waals surface area contributed by atoms with Gasteiger partial charge in [0.2, 0.25) is 5.91 Å². The number of hydrogen-bond donors (Lipinski definition) is 0. The maximum absolute atomic E-state index is 12.4. The van der Waals surface area contributed by atoms with Crippen molar-refractivity contribution in [3.8, 4) is 0 Å². The van der Waals surface area contributed by atoms with Crippen LogP contribution in [0.1, 0.15) is 44.0 Å². The van der Waals surface area contributed by atoms with E-state index in [4.69, 9.17) is 4.74 Å². The molecule has 0 N–H and O–H groups in total. The van der Waals surface area contributed by atoms with E-state index in [9.17, 15) is 4.79 Å². The molecule has 2 aliphatic rings. The average molecular weight is 346 g/mol. The number of piperidine rings is 2. The summed E-state index contributed by atoms with van der Waals surface area (Å²) in [6.07, 6.45) is 7.64. The van der Waals surface area contributed by atoms with Gasteiger partial charge in [-0.05, 0) is 39.7 Å². The number of ether oxygens (including phenoxy) is 1. The minimum Gasteiger partial charge on any atom is -0.380 e. The fourth-order valence-electron chi connectivity index (χ4n) is 4.12. The SMILES string of the molecule is CCOCCN1CCC[C@]2(CCC(=O)N(Cc3cnc(C)cn3)C2)C1. The van der Waals surface area contributed by atoms with E-state index in [2.05, 4.69) is 14.9 Å². The van der Waals surface area contributed by atoms with Crippen molar-refractivity contribution in [3.63, 3.8) is 0 Å². The molecule has 2 fully saturated rings. The van der Waals surface area contributed by atoms with Crippen LogP contribution in [0, 0.1) is 12.3 Å². The first-order valence-corrected chi connectivity index (χ1v) is 9.46. The third kappa shape index (κ3) is 4.76. The summed E-state index contributed by atoms with van der Waals surface area (Å²) in [7, 11) is 0. The fraction of sp³-hybridized carbons (Fsp3) is 0.737. The predicted molar refractivity (Wildman–Crippen MR) is 96.0 cm³/mol. The fourth-order valence-corrected chi connectivity index (χ4v) is 4.12. The van der Waals surface area contributed by atoms with E-state index in [0.717, 1.165) is 57.2 Å². The number of rotatable bonds is 6. The maximum atomic E-state index is 12.4. The smallest absolute Gasteiger partial charge is 0.222 e. The second-order valence-corrected chi connectivity index (χ2v) is 7.48. The highest BCUT2D eigenvalue weighted by atomic mass is 16.5. The third-order valence-corrected chi connectivity index (χ3v) is 5.43. The van der Waals surface area contributed by atoms with Gasteiger partial charge in [0.1, 0.15) is 0 Å². The number of aryl methyl sites for hydroxylation is 1. The highest BCUT2D eigenvalue weighted by molar-refractivity contribution is 5.77. The lowest BCUT2D eigenvalue weighted by atomic mass is 9.73. The second kappa shape index (κ2) is 8.23. The van der Waals surface area contributed by atoms with Crippen LogP contribution < -0.4 is 0 Å². The molecule has 1 atom stereocenters. The van der Waals surface area contributed by atoms with Crippen molar-refractivity contribution in [2.24, 2.45) is 5.41 Å². The van der Waals surface area contributed by atoms with Crippen molar-refractivity contribution in [1.82, 2.24) is 19.8 Å². The van der Waals surface area contributed by atoms with Crippen molar-refractivity contribution in [1.29, 1.82) is 0 Å². The summed E-state index contributed by atoms with van der Waals surface area (Å²) >= 11 is 0. The van der Waals surface area contributed by atoms with Crippen molar-refractivity contribution in [2.75, 3.05) is 39.4 Å². The van der Waals surface area contributed by atoms with Crippen LogP contribution in [0.15, 0.2) is 12.4 Å². The first kappa shape index (κ1) is 18.3. The zero-order chi connectivity index (χ0) is 17.7. The zero-order valence-corrected chi connectivity index (χ0v) is 15.5. The average Bonchev–Trinajstić information content (AvgIpc) is 2.61. The van der Waals surface area contributed by atoms with Crippen LogP contribution in [-0.2, 0) is 16.1 Å². The molecule has 1 aromatic heterocycles. The first-order valence-electron chi connectivity index (χ1n) is 9.46. The molecule has 6 heteroatoms. The van der Waals surface area contributed by atoms with Crippen molar-refractivity contribution < 1.29 is 9.53 Å². The van der Waals surface area contributed by atoms with Gasteiger partial charge >= 0.3 is 0 Å². The molecule has 138 valence electrons.